The van der Waals surface area contributed by atoms with Crippen LogP contribution in [0.15, 0.2) is 24.4 Å². The summed E-state index contributed by atoms with van der Waals surface area (Å²) in [5, 5.41) is 15.9. The number of aromatic amines is 1. The minimum absolute atomic E-state index is 0.0510. The summed E-state index contributed by atoms with van der Waals surface area (Å²) in [6, 6.07) is 6.05. The van der Waals surface area contributed by atoms with E-state index < -0.39 is 5.97 Å². The van der Waals surface area contributed by atoms with Gasteiger partial charge in [-0.2, -0.15) is 0 Å². The van der Waals surface area contributed by atoms with Gasteiger partial charge in [-0.05, 0) is 55.5 Å². The highest BCUT2D eigenvalue weighted by Crippen LogP contribution is 2.26. The Kier molecular flexibility index (Phi) is 4.94. The molecular formula is C18H24N4O3. The predicted molar refractivity (Wildman–Crippen MR) is 96.9 cm³/mol. The average molecular weight is 344 g/mol. The van der Waals surface area contributed by atoms with Crippen LogP contribution in [0.5, 0.6) is 0 Å². The molecule has 3 rings (SSSR count). The normalized spacial score (nSPS) is 19.6. The number of amides is 2. The third kappa shape index (κ3) is 3.93. The summed E-state index contributed by atoms with van der Waals surface area (Å²) in [6.45, 7) is 4.67. The fourth-order valence-electron chi connectivity index (χ4n) is 3.37. The van der Waals surface area contributed by atoms with Gasteiger partial charge in [0, 0.05) is 29.5 Å². The molecule has 7 nitrogen and oxygen atoms in total. The predicted octanol–water partition coefficient (Wildman–Crippen LogP) is 2.54. The number of nitrogens with one attached hydrogen (secondary N) is 3. The Labute approximate surface area is 146 Å². The van der Waals surface area contributed by atoms with Crippen molar-refractivity contribution in [2.75, 3.05) is 18.4 Å². The monoisotopic (exact) mass is 344 g/mol. The summed E-state index contributed by atoms with van der Waals surface area (Å²) in [7, 11) is 0. The number of carboxylic acids is 1. The van der Waals surface area contributed by atoms with Crippen molar-refractivity contribution in [2.45, 2.75) is 38.8 Å². The van der Waals surface area contributed by atoms with Crippen molar-refractivity contribution in [1.29, 1.82) is 0 Å². The van der Waals surface area contributed by atoms with Crippen LogP contribution in [0.25, 0.3) is 10.9 Å². The van der Waals surface area contributed by atoms with E-state index in [1.165, 1.54) is 0 Å². The standard InChI is InChI=1S/C18H24N4O3/c1-3-22(10-17(23)24)14-7-13(8-14)20-18(25)21-15-9-16-12(4-5-19-16)6-11(15)2/h4-6,9,13-14,19H,3,7-8,10H2,1-2H3,(H,23,24)(H2,20,21,25). The van der Waals surface area contributed by atoms with Crippen molar-refractivity contribution >= 4 is 28.6 Å². The zero-order valence-electron chi connectivity index (χ0n) is 14.5. The van der Waals surface area contributed by atoms with E-state index in [4.69, 9.17) is 5.11 Å². The fraction of sp³-hybridized carbons (Fsp3) is 0.444. The maximum absolute atomic E-state index is 12.2. The fourth-order valence-corrected chi connectivity index (χ4v) is 3.37. The first kappa shape index (κ1) is 17.3. The molecule has 7 heteroatoms. The second kappa shape index (κ2) is 7.14. The molecule has 4 N–H and O–H groups in total. The number of fused-ring (bicyclic) bond motifs is 1. The Balaban J connectivity index is 1.52. The van der Waals surface area contributed by atoms with Crippen LogP contribution in [0, 0.1) is 6.92 Å². The van der Waals surface area contributed by atoms with Gasteiger partial charge in [-0.25, -0.2) is 4.79 Å². The quantitative estimate of drug-likeness (QED) is 0.647. The number of aromatic nitrogens is 1. The van der Waals surface area contributed by atoms with E-state index in [0.29, 0.717) is 6.54 Å². The highest BCUT2D eigenvalue weighted by Gasteiger charge is 2.34. The highest BCUT2D eigenvalue weighted by atomic mass is 16.4. The van der Waals surface area contributed by atoms with Crippen LogP contribution in [-0.2, 0) is 4.79 Å². The van der Waals surface area contributed by atoms with Crippen LogP contribution in [-0.4, -0.2) is 52.2 Å². The lowest BCUT2D eigenvalue weighted by Gasteiger charge is -2.42. The number of carboxylic acid groups (broad SMARTS) is 1. The number of urea groups is 1. The number of carbonyl (C=O) groups is 2. The Morgan fingerprint density at radius 3 is 2.80 bits per heavy atom. The van der Waals surface area contributed by atoms with Gasteiger partial charge in [0.2, 0.25) is 0 Å². The summed E-state index contributed by atoms with van der Waals surface area (Å²) in [4.78, 5) is 28.2. The molecule has 0 unspecified atom stereocenters. The van der Waals surface area contributed by atoms with Gasteiger partial charge in [-0.15, -0.1) is 0 Å². The van der Waals surface area contributed by atoms with E-state index in [1.54, 1.807) is 0 Å². The molecule has 2 aromatic rings. The maximum Gasteiger partial charge on any atom is 0.319 e. The van der Waals surface area contributed by atoms with Gasteiger partial charge < -0.3 is 20.7 Å². The minimum Gasteiger partial charge on any atom is -0.480 e. The molecule has 0 atom stereocenters. The lowest BCUT2D eigenvalue weighted by molar-refractivity contribution is -0.139. The lowest BCUT2D eigenvalue weighted by atomic mass is 9.85. The van der Waals surface area contributed by atoms with E-state index in [9.17, 15) is 9.59 Å². The van der Waals surface area contributed by atoms with Gasteiger partial charge in [-0.1, -0.05) is 6.92 Å². The van der Waals surface area contributed by atoms with Gasteiger partial charge in [0.25, 0.3) is 0 Å². The SMILES string of the molecule is CCN(CC(=O)O)C1CC(NC(=O)Nc2cc3[nH]ccc3cc2C)C1. The van der Waals surface area contributed by atoms with E-state index in [-0.39, 0.29) is 24.7 Å². The molecule has 1 saturated carbocycles. The van der Waals surface area contributed by atoms with Crippen LogP contribution in [0.3, 0.4) is 0 Å². The molecule has 0 aliphatic heterocycles. The van der Waals surface area contributed by atoms with Crippen LogP contribution >= 0.6 is 0 Å². The van der Waals surface area contributed by atoms with Crippen molar-refractivity contribution in [3.05, 3.63) is 30.0 Å². The molecular weight excluding hydrogens is 320 g/mol. The van der Waals surface area contributed by atoms with Crippen LogP contribution in [0.4, 0.5) is 10.5 Å². The van der Waals surface area contributed by atoms with Crippen molar-refractivity contribution in [3.63, 3.8) is 0 Å². The molecule has 1 aromatic heterocycles. The van der Waals surface area contributed by atoms with Gasteiger partial charge in [0.1, 0.15) is 0 Å². The third-order valence-corrected chi connectivity index (χ3v) is 4.86. The number of hydrogen-bond acceptors (Lipinski definition) is 3. The first-order chi connectivity index (χ1) is 12.0. The Morgan fingerprint density at radius 1 is 1.36 bits per heavy atom. The molecule has 0 saturated heterocycles. The Hall–Kier alpha value is -2.54. The van der Waals surface area contributed by atoms with E-state index in [0.717, 1.165) is 35.0 Å². The summed E-state index contributed by atoms with van der Waals surface area (Å²) < 4.78 is 0. The van der Waals surface area contributed by atoms with Gasteiger partial charge in [0.05, 0.1) is 6.54 Å². The number of aryl methyl sites for hydroxylation is 1. The Bertz CT molecular complexity index is 780. The summed E-state index contributed by atoms with van der Waals surface area (Å²) >= 11 is 0. The van der Waals surface area contributed by atoms with Crippen LogP contribution in [0.1, 0.15) is 25.3 Å². The number of H-pyrrole nitrogens is 1. The van der Waals surface area contributed by atoms with Gasteiger partial charge >= 0.3 is 12.0 Å². The van der Waals surface area contributed by atoms with Crippen molar-refractivity contribution < 1.29 is 14.7 Å². The summed E-state index contributed by atoms with van der Waals surface area (Å²) in [5.41, 5.74) is 2.77. The number of carbonyl (C=O) groups excluding carboxylic acids is 1. The van der Waals surface area contributed by atoms with Crippen molar-refractivity contribution in [1.82, 2.24) is 15.2 Å². The summed E-state index contributed by atoms with van der Waals surface area (Å²) in [6.07, 6.45) is 3.44. The molecule has 0 bridgehead atoms. The molecule has 2 amide bonds. The van der Waals surface area contributed by atoms with Crippen molar-refractivity contribution in [2.24, 2.45) is 0 Å². The zero-order valence-corrected chi connectivity index (χ0v) is 14.5. The molecule has 134 valence electrons. The topological polar surface area (TPSA) is 97.5 Å². The second-order valence-electron chi connectivity index (χ2n) is 6.61. The highest BCUT2D eigenvalue weighted by molar-refractivity contribution is 5.94. The largest absolute Gasteiger partial charge is 0.480 e. The molecule has 1 aliphatic carbocycles. The molecule has 25 heavy (non-hydrogen) atoms. The number of rotatable bonds is 6. The number of aliphatic carboxylic acids is 1. The van der Waals surface area contributed by atoms with Crippen LogP contribution in [0.2, 0.25) is 0 Å². The minimum atomic E-state index is -0.814. The second-order valence-corrected chi connectivity index (χ2v) is 6.61. The van der Waals surface area contributed by atoms with E-state index >= 15 is 0 Å². The van der Waals surface area contributed by atoms with E-state index in [2.05, 4.69) is 15.6 Å². The Morgan fingerprint density at radius 2 is 2.12 bits per heavy atom. The third-order valence-electron chi connectivity index (χ3n) is 4.86. The van der Waals surface area contributed by atoms with Gasteiger partial charge in [0.15, 0.2) is 0 Å². The molecule has 0 radical (unpaired) electrons. The molecule has 1 aliphatic rings. The molecule has 1 aromatic carbocycles. The summed E-state index contributed by atoms with van der Waals surface area (Å²) in [5.74, 6) is -0.814. The molecule has 1 fully saturated rings. The van der Waals surface area contributed by atoms with Gasteiger partial charge in [-0.3, -0.25) is 9.69 Å². The van der Waals surface area contributed by atoms with E-state index in [1.807, 2.05) is 43.1 Å². The molecule has 1 heterocycles. The number of benzene rings is 1. The van der Waals surface area contributed by atoms with Crippen LogP contribution < -0.4 is 10.6 Å². The average Bonchev–Trinajstić information content (AvgIpc) is 2.95. The number of nitrogens with zero attached hydrogens (tertiary/aromatic N) is 1. The number of anilines is 1. The van der Waals surface area contributed by atoms with Crippen molar-refractivity contribution in [3.8, 4) is 0 Å². The first-order valence-corrected chi connectivity index (χ1v) is 8.57. The maximum atomic E-state index is 12.2. The lowest BCUT2D eigenvalue weighted by Crippen LogP contribution is -2.55. The smallest absolute Gasteiger partial charge is 0.319 e. The number of likely N-dealkylation sites (N-methyl/N-ethyl adjacent to an activating group) is 1. The number of hydrogen-bond donors (Lipinski definition) is 4. The zero-order chi connectivity index (χ0) is 18.0. The molecule has 0 spiro atoms. The first-order valence-electron chi connectivity index (χ1n) is 8.57.